The molecule has 0 aromatic heterocycles. The minimum absolute atomic E-state index is 0.0982. The molecule has 1 aromatic rings. The summed E-state index contributed by atoms with van der Waals surface area (Å²) >= 11 is 0. The Balaban J connectivity index is 1.73. The second-order valence-corrected chi connectivity index (χ2v) is 4.52. The molecular formula is C13H17FN2O2. The van der Waals surface area contributed by atoms with E-state index in [-0.39, 0.29) is 25.7 Å². The van der Waals surface area contributed by atoms with Gasteiger partial charge in [-0.05, 0) is 5.56 Å². The predicted octanol–water partition coefficient (Wildman–Crippen LogP) is 0.711. The van der Waals surface area contributed by atoms with Crippen molar-refractivity contribution in [3.05, 3.63) is 35.9 Å². The predicted molar refractivity (Wildman–Crippen MR) is 65.5 cm³/mol. The summed E-state index contributed by atoms with van der Waals surface area (Å²) in [7, 11) is 0. The normalized spacial score (nSPS) is 24.1. The lowest BCUT2D eigenvalue weighted by Gasteiger charge is -2.13. The van der Waals surface area contributed by atoms with Gasteiger partial charge in [-0.15, -0.1) is 0 Å². The number of nitrogens with two attached hydrogens (primary N) is 1. The Kier molecular flexibility index (Phi) is 4.28. The summed E-state index contributed by atoms with van der Waals surface area (Å²) in [5, 5.41) is 0. The van der Waals surface area contributed by atoms with Gasteiger partial charge in [0.2, 0.25) is 0 Å². The summed E-state index contributed by atoms with van der Waals surface area (Å²) in [6.45, 7) is 0.961. The van der Waals surface area contributed by atoms with E-state index in [9.17, 15) is 9.18 Å². The van der Waals surface area contributed by atoms with Crippen LogP contribution in [0.3, 0.4) is 0 Å². The highest BCUT2D eigenvalue weighted by atomic mass is 19.1. The number of hydrogen-bond donors (Lipinski definition) is 1. The van der Waals surface area contributed by atoms with E-state index in [1.165, 1.54) is 0 Å². The Bertz CT molecular complexity index is 389. The highest BCUT2D eigenvalue weighted by molar-refractivity contribution is 5.71. The molecule has 1 saturated heterocycles. The van der Waals surface area contributed by atoms with Crippen LogP contribution in [0.15, 0.2) is 30.3 Å². The largest absolute Gasteiger partial charge is 0.460 e. The van der Waals surface area contributed by atoms with Gasteiger partial charge in [0, 0.05) is 19.1 Å². The topological polar surface area (TPSA) is 55.6 Å². The van der Waals surface area contributed by atoms with Crippen LogP contribution in [0, 0.1) is 0 Å². The standard InChI is InChI=1S/C13H17FN2O2/c14-11-6-16(7-12(11)15)8-13(17)18-9-10-4-2-1-3-5-10/h1-5,11-12H,6-9,15H2/t11-,12-/m1/s1. The molecule has 1 heterocycles. The number of halogens is 1. The summed E-state index contributed by atoms with van der Waals surface area (Å²) in [6, 6.07) is 8.95. The summed E-state index contributed by atoms with van der Waals surface area (Å²) in [6.07, 6.45) is -1.05. The molecule has 2 N–H and O–H groups in total. The lowest BCUT2D eigenvalue weighted by molar-refractivity contribution is -0.146. The third-order valence-electron chi connectivity index (χ3n) is 2.96. The number of likely N-dealkylation sites (tertiary alicyclic amines) is 1. The van der Waals surface area contributed by atoms with Gasteiger partial charge in [-0.1, -0.05) is 30.3 Å². The molecule has 0 bridgehead atoms. The first-order valence-corrected chi connectivity index (χ1v) is 5.96. The van der Waals surface area contributed by atoms with Gasteiger partial charge in [-0.3, -0.25) is 9.69 Å². The average molecular weight is 252 g/mol. The van der Waals surface area contributed by atoms with Gasteiger partial charge < -0.3 is 10.5 Å². The molecule has 1 aliphatic rings. The molecule has 1 fully saturated rings. The van der Waals surface area contributed by atoms with Gasteiger partial charge in [0.05, 0.1) is 6.54 Å². The Morgan fingerprint density at radius 3 is 2.72 bits per heavy atom. The lowest BCUT2D eigenvalue weighted by Crippen LogP contribution is -2.32. The van der Waals surface area contributed by atoms with Crippen molar-refractivity contribution in [1.29, 1.82) is 0 Å². The quantitative estimate of drug-likeness (QED) is 0.802. The van der Waals surface area contributed by atoms with E-state index in [4.69, 9.17) is 10.5 Å². The van der Waals surface area contributed by atoms with Crippen LogP contribution in [-0.4, -0.2) is 42.7 Å². The average Bonchev–Trinajstić information content (AvgIpc) is 2.67. The fraction of sp³-hybridized carbons (Fsp3) is 0.462. The molecule has 0 radical (unpaired) electrons. The van der Waals surface area contributed by atoms with Gasteiger partial charge in [-0.25, -0.2) is 4.39 Å². The van der Waals surface area contributed by atoms with Gasteiger partial charge >= 0.3 is 5.97 Å². The maximum absolute atomic E-state index is 13.1. The highest BCUT2D eigenvalue weighted by Gasteiger charge is 2.31. The number of hydrogen-bond acceptors (Lipinski definition) is 4. The second kappa shape index (κ2) is 5.93. The van der Waals surface area contributed by atoms with Crippen LogP contribution in [0.4, 0.5) is 4.39 Å². The fourth-order valence-electron chi connectivity index (χ4n) is 1.96. The monoisotopic (exact) mass is 252 g/mol. The first-order valence-electron chi connectivity index (χ1n) is 5.96. The van der Waals surface area contributed by atoms with Crippen LogP contribution < -0.4 is 5.73 Å². The molecule has 0 amide bonds. The molecule has 2 atom stereocenters. The van der Waals surface area contributed by atoms with Gasteiger partial charge in [0.25, 0.3) is 0 Å². The van der Waals surface area contributed by atoms with Crippen LogP contribution in [0.2, 0.25) is 0 Å². The molecule has 1 aromatic carbocycles. The van der Waals surface area contributed by atoms with Crippen molar-refractivity contribution in [2.24, 2.45) is 5.73 Å². The summed E-state index contributed by atoms with van der Waals surface area (Å²) in [5.41, 5.74) is 6.48. The first kappa shape index (κ1) is 13.0. The number of esters is 1. The molecule has 0 spiro atoms. The molecule has 1 aliphatic heterocycles. The van der Waals surface area contributed by atoms with Crippen molar-refractivity contribution in [2.45, 2.75) is 18.8 Å². The third-order valence-corrected chi connectivity index (χ3v) is 2.96. The zero-order chi connectivity index (χ0) is 13.0. The van der Waals surface area contributed by atoms with Crippen LogP contribution in [-0.2, 0) is 16.1 Å². The van der Waals surface area contributed by atoms with E-state index in [0.29, 0.717) is 6.54 Å². The van der Waals surface area contributed by atoms with Crippen LogP contribution in [0.25, 0.3) is 0 Å². The van der Waals surface area contributed by atoms with Crippen molar-refractivity contribution in [3.63, 3.8) is 0 Å². The van der Waals surface area contributed by atoms with Crippen molar-refractivity contribution in [1.82, 2.24) is 4.90 Å². The van der Waals surface area contributed by atoms with Gasteiger partial charge in [0.1, 0.15) is 12.8 Å². The van der Waals surface area contributed by atoms with E-state index < -0.39 is 12.2 Å². The number of rotatable bonds is 4. The second-order valence-electron chi connectivity index (χ2n) is 4.52. The Labute approximate surface area is 106 Å². The van der Waals surface area contributed by atoms with Gasteiger partial charge in [0.15, 0.2) is 0 Å². The molecule has 0 aliphatic carbocycles. The first-order chi connectivity index (χ1) is 8.65. The number of ether oxygens (including phenoxy) is 1. The maximum Gasteiger partial charge on any atom is 0.320 e. The highest BCUT2D eigenvalue weighted by Crippen LogP contribution is 2.11. The van der Waals surface area contributed by atoms with Crippen molar-refractivity contribution in [3.8, 4) is 0 Å². The summed E-state index contributed by atoms with van der Waals surface area (Å²) < 4.78 is 18.3. The molecule has 0 saturated carbocycles. The zero-order valence-electron chi connectivity index (χ0n) is 10.1. The molecule has 0 unspecified atom stereocenters. The summed E-state index contributed by atoms with van der Waals surface area (Å²) in [4.78, 5) is 13.2. The van der Waals surface area contributed by atoms with Crippen molar-refractivity contribution in [2.75, 3.05) is 19.6 Å². The van der Waals surface area contributed by atoms with E-state index >= 15 is 0 Å². The van der Waals surface area contributed by atoms with E-state index in [1.54, 1.807) is 4.90 Å². The van der Waals surface area contributed by atoms with Crippen molar-refractivity contribution >= 4 is 5.97 Å². The van der Waals surface area contributed by atoms with E-state index in [2.05, 4.69) is 0 Å². The number of alkyl halides is 1. The molecular weight excluding hydrogens is 235 g/mol. The zero-order valence-corrected chi connectivity index (χ0v) is 10.1. The number of nitrogens with zero attached hydrogens (tertiary/aromatic N) is 1. The van der Waals surface area contributed by atoms with E-state index in [0.717, 1.165) is 5.56 Å². The molecule has 5 heteroatoms. The minimum atomic E-state index is -1.05. The maximum atomic E-state index is 13.1. The Hall–Kier alpha value is -1.46. The smallest absolute Gasteiger partial charge is 0.320 e. The number of benzene rings is 1. The molecule has 4 nitrogen and oxygen atoms in total. The van der Waals surface area contributed by atoms with Gasteiger partial charge in [-0.2, -0.15) is 0 Å². The summed E-state index contributed by atoms with van der Waals surface area (Å²) in [5.74, 6) is -0.347. The Morgan fingerprint density at radius 1 is 1.39 bits per heavy atom. The molecule has 98 valence electrons. The fourth-order valence-corrected chi connectivity index (χ4v) is 1.96. The third kappa shape index (κ3) is 3.51. The Morgan fingerprint density at radius 2 is 2.11 bits per heavy atom. The van der Waals surface area contributed by atoms with Crippen molar-refractivity contribution < 1.29 is 13.9 Å². The molecule has 18 heavy (non-hydrogen) atoms. The van der Waals surface area contributed by atoms with E-state index in [1.807, 2.05) is 30.3 Å². The SMILES string of the molecule is N[C@@H]1CN(CC(=O)OCc2ccccc2)C[C@H]1F. The number of carbonyl (C=O) groups excluding carboxylic acids is 1. The molecule has 2 rings (SSSR count). The van der Waals surface area contributed by atoms with Crippen LogP contribution >= 0.6 is 0 Å². The lowest BCUT2D eigenvalue weighted by atomic mass is 10.2. The van der Waals surface area contributed by atoms with Crippen LogP contribution in [0.1, 0.15) is 5.56 Å². The minimum Gasteiger partial charge on any atom is -0.460 e. The number of carbonyl (C=O) groups is 1. The van der Waals surface area contributed by atoms with Crippen LogP contribution in [0.5, 0.6) is 0 Å².